The van der Waals surface area contributed by atoms with Gasteiger partial charge in [0.1, 0.15) is 5.65 Å². The van der Waals surface area contributed by atoms with Gasteiger partial charge >= 0.3 is 0 Å². The van der Waals surface area contributed by atoms with E-state index in [4.69, 9.17) is 4.98 Å². The average Bonchev–Trinajstić information content (AvgIpc) is 3.03. The molecule has 0 N–H and O–H groups in total. The van der Waals surface area contributed by atoms with Crippen LogP contribution in [0.4, 0.5) is 0 Å². The molecule has 122 valence electrons. The van der Waals surface area contributed by atoms with Crippen LogP contribution in [-0.2, 0) is 0 Å². The molecule has 2 aromatic carbocycles. The summed E-state index contributed by atoms with van der Waals surface area (Å²) >= 11 is 0. The summed E-state index contributed by atoms with van der Waals surface area (Å²) in [7, 11) is 0. The lowest BCUT2D eigenvalue weighted by Crippen LogP contribution is -1.96. The normalized spacial score (nSPS) is 11.0. The molecule has 0 saturated heterocycles. The van der Waals surface area contributed by atoms with Crippen LogP contribution in [0.1, 0.15) is 22.4 Å². The quantitative estimate of drug-likeness (QED) is 0.474. The van der Waals surface area contributed by atoms with Gasteiger partial charge in [-0.3, -0.25) is 4.40 Å². The number of benzene rings is 2. The van der Waals surface area contributed by atoms with Gasteiger partial charge in [-0.1, -0.05) is 72.8 Å². The van der Waals surface area contributed by atoms with Crippen molar-refractivity contribution >= 4 is 11.2 Å². The number of fused-ring (bicyclic) bond motifs is 1. The lowest BCUT2D eigenvalue weighted by molar-refractivity contribution is 1.14. The summed E-state index contributed by atoms with van der Waals surface area (Å²) in [6.45, 7) is 8.61. The van der Waals surface area contributed by atoms with Gasteiger partial charge in [0.15, 0.2) is 0 Å². The highest BCUT2D eigenvalue weighted by molar-refractivity contribution is 5.87. The van der Waals surface area contributed by atoms with Crippen molar-refractivity contribution in [1.29, 1.82) is 0 Å². The lowest BCUT2D eigenvalue weighted by atomic mass is 9.99. The second-order valence-electron chi connectivity index (χ2n) is 6.41. The maximum Gasteiger partial charge on any atom is 0.140 e. The maximum absolute atomic E-state index is 4.95. The van der Waals surface area contributed by atoms with Crippen LogP contribution < -0.4 is 0 Å². The zero-order chi connectivity index (χ0) is 17.4. The smallest absolute Gasteiger partial charge is 0.140 e. The third-order valence-electron chi connectivity index (χ3n) is 4.54. The molecule has 0 atom stereocenters. The molecule has 0 amide bonds. The van der Waals surface area contributed by atoms with Crippen LogP contribution in [0, 0.1) is 13.8 Å². The molecule has 2 nitrogen and oxygen atoms in total. The van der Waals surface area contributed by atoms with Gasteiger partial charge < -0.3 is 0 Å². The molecule has 0 spiro atoms. The maximum atomic E-state index is 4.95. The van der Waals surface area contributed by atoms with Crippen LogP contribution in [-0.4, -0.2) is 9.38 Å². The number of hydrogen-bond donors (Lipinski definition) is 0. The van der Waals surface area contributed by atoms with E-state index in [2.05, 4.69) is 79.6 Å². The van der Waals surface area contributed by atoms with E-state index in [0.29, 0.717) is 0 Å². The van der Waals surface area contributed by atoms with Crippen LogP contribution in [0.2, 0.25) is 0 Å². The second kappa shape index (κ2) is 6.06. The van der Waals surface area contributed by atoms with E-state index in [1.807, 2.05) is 18.2 Å². The van der Waals surface area contributed by atoms with Crippen molar-refractivity contribution in [3.8, 4) is 11.3 Å². The Kier molecular flexibility index (Phi) is 3.73. The highest BCUT2D eigenvalue weighted by atomic mass is 15.0. The SMILES string of the molecule is C=C(c1cccc(C)c1)c1c(-c2ccccc2)nc2c(C)cccn12. The number of hydrogen-bond acceptors (Lipinski definition) is 1. The molecule has 0 fully saturated rings. The summed E-state index contributed by atoms with van der Waals surface area (Å²) in [5.74, 6) is 0. The largest absolute Gasteiger partial charge is 0.299 e. The van der Waals surface area contributed by atoms with E-state index < -0.39 is 0 Å². The molecule has 2 aromatic heterocycles. The molecular formula is C23H20N2. The molecule has 0 radical (unpaired) electrons. The molecule has 0 bridgehead atoms. The second-order valence-corrected chi connectivity index (χ2v) is 6.41. The van der Waals surface area contributed by atoms with Crippen LogP contribution in [0.3, 0.4) is 0 Å². The van der Waals surface area contributed by atoms with E-state index >= 15 is 0 Å². The summed E-state index contributed by atoms with van der Waals surface area (Å²) in [4.78, 5) is 4.95. The summed E-state index contributed by atoms with van der Waals surface area (Å²) < 4.78 is 2.16. The van der Waals surface area contributed by atoms with Crippen molar-refractivity contribution in [2.24, 2.45) is 0 Å². The van der Waals surface area contributed by atoms with E-state index in [9.17, 15) is 0 Å². The Morgan fingerprint density at radius 1 is 0.920 bits per heavy atom. The van der Waals surface area contributed by atoms with Gasteiger partial charge in [-0.05, 0) is 31.0 Å². The molecule has 0 unspecified atom stereocenters. The highest BCUT2D eigenvalue weighted by Gasteiger charge is 2.18. The third kappa shape index (κ3) is 2.66. The van der Waals surface area contributed by atoms with Gasteiger partial charge in [0.05, 0.1) is 11.4 Å². The first-order valence-electron chi connectivity index (χ1n) is 8.44. The first kappa shape index (κ1) is 15.4. The number of aryl methyl sites for hydroxylation is 2. The minimum atomic E-state index is 0.974. The molecule has 0 saturated carbocycles. The van der Waals surface area contributed by atoms with Gasteiger partial charge in [0.25, 0.3) is 0 Å². The van der Waals surface area contributed by atoms with Gasteiger partial charge in [-0.15, -0.1) is 0 Å². The molecule has 4 rings (SSSR count). The highest BCUT2D eigenvalue weighted by Crippen LogP contribution is 2.33. The Balaban J connectivity index is 2.01. The fourth-order valence-electron chi connectivity index (χ4n) is 3.26. The zero-order valence-corrected chi connectivity index (χ0v) is 14.5. The Morgan fingerprint density at radius 3 is 2.48 bits per heavy atom. The number of aromatic nitrogens is 2. The number of nitrogens with zero attached hydrogens (tertiary/aromatic N) is 2. The molecule has 0 aliphatic heterocycles. The Bertz CT molecular complexity index is 1070. The third-order valence-corrected chi connectivity index (χ3v) is 4.54. The van der Waals surface area contributed by atoms with E-state index in [1.165, 1.54) is 5.56 Å². The summed E-state index contributed by atoms with van der Waals surface area (Å²) in [5.41, 5.74) is 8.60. The van der Waals surface area contributed by atoms with Crippen molar-refractivity contribution < 1.29 is 0 Å². The Hall–Kier alpha value is -3.13. The van der Waals surface area contributed by atoms with E-state index in [1.54, 1.807) is 0 Å². The van der Waals surface area contributed by atoms with Gasteiger partial charge in [0.2, 0.25) is 0 Å². The predicted octanol–water partition coefficient (Wildman–Crippen LogP) is 5.68. The predicted molar refractivity (Wildman–Crippen MR) is 105 cm³/mol. The minimum absolute atomic E-state index is 0.974. The summed E-state index contributed by atoms with van der Waals surface area (Å²) in [6.07, 6.45) is 2.07. The monoisotopic (exact) mass is 324 g/mol. The molecule has 4 aromatic rings. The van der Waals surface area contributed by atoms with Crippen LogP contribution in [0.5, 0.6) is 0 Å². The fraction of sp³-hybridized carbons (Fsp3) is 0.0870. The molecule has 25 heavy (non-hydrogen) atoms. The first-order valence-corrected chi connectivity index (χ1v) is 8.44. The lowest BCUT2D eigenvalue weighted by Gasteiger charge is -2.10. The number of rotatable bonds is 3. The van der Waals surface area contributed by atoms with E-state index in [-0.39, 0.29) is 0 Å². The molecule has 2 heterocycles. The molecular weight excluding hydrogens is 304 g/mol. The van der Waals surface area contributed by atoms with Crippen molar-refractivity contribution in [3.63, 3.8) is 0 Å². The van der Waals surface area contributed by atoms with Crippen LogP contribution in [0.25, 0.3) is 22.5 Å². The van der Waals surface area contributed by atoms with Crippen molar-refractivity contribution in [3.05, 3.63) is 102 Å². The standard InChI is InChI=1S/C23H20N2/c1-16-9-7-13-20(15-16)18(3)22-21(19-11-5-4-6-12-19)24-23-17(2)10-8-14-25(22)23/h4-15H,3H2,1-2H3. The number of imidazole rings is 1. The van der Waals surface area contributed by atoms with Crippen molar-refractivity contribution in [1.82, 2.24) is 9.38 Å². The molecule has 0 aliphatic rings. The molecule has 0 aliphatic carbocycles. The van der Waals surface area contributed by atoms with Gasteiger partial charge in [0, 0.05) is 17.3 Å². The number of pyridine rings is 1. The van der Waals surface area contributed by atoms with Crippen LogP contribution in [0.15, 0.2) is 79.5 Å². The van der Waals surface area contributed by atoms with Crippen LogP contribution >= 0.6 is 0 Å². The Morgan fingerprint density at radius 2 is 1.72 bits per heavy atom. The first-order chi connectivity index (χ1) is 12.1. The van der Waals surface area contributed by atoms with Crippen molar-refractivity contribution in [2.75, 3.05) is 0 Å². The van der Waals surface area contributed by atoms with Gasteiger partial charge in [-0.2, -0.15) is 0 Å². The van der Waals surface area contributed by atoms with Crippen molar-refractivity contribution in [2.45, 2.75) is 13.8 Å². The average molecular weight is 324 g/mol. The zero-order valence-electron chi connectivity index (χ0n) is 14.5. The fourth-order valence-corrected chi connectivity index (χ4v) is 3.26. The molecule has 2 heteroatoms. The van der Waals surface area contributed by atoms with E-state index in [0.717, 1.165) is 39.3 Å². The summed E-state index contributed by atoms with van der Waals surface area (Å²) in [5, 5.41) is 0. The summed E-state index contributed by atoms with van der Waals surface area (Å²) in [6, 6.07) is 22.9. The van der Waals surface area contributed by atoms with Gasteiger partial charge in [-0.25, -0.2) is 4.98 Å². The minimum Gasteiger partial charge on any atom is -0.299 e. The Labute approximate surface area is 148 Å². The topological polar surface area (TPSA) is 17.3 Å².